The van der Waals surface area contributed by atoms with Crippen molar-refractivity contribution in [1.82, 2.24) is 0 Å². The fourth-order valence-electron chi connectivity index (χ4n) is 2.43. The van der Waals surface area contributed by atoms with Crippen molar-refractivity contribution in [2.45, 2.75) is 45.4 Å². The number of amides is 1. The number of hydrogen-bond acceptors (Lipinski definition) is 3. The number of unbranched alkanes of at least 4 members (excludes halogenated alkanes) is 3. The van der Waals surface area contributed by atoms with Gasteiger partial charge in [-0.05, 0) is 30.5 Å². The summed E-state index contributed by atoms with van der Waals surface area (Å²) in [4.78, 5) is 17.6. The number of hydroxylamine groups is 1. The second kappa shape index (κ2) is 7.06. The summed E-state index contributed by atoms with van der Waals surface area (Å²) in [5, 5.41) is 10.5. The smallest absolute Gasteiger partial charge is 0.251 e. The van der Waals surface area contributed by atoms with Crippen LogP contribution in [0.5, 0.6) is 0 Å². The molecule has 0 aliphatic carbocycles. The van der Waals surface area contributed by atoms with E-state index < -0.39 is 0 Å². The molecule has 1 amide bonds. The van der Waals surface area contributed by atoms with Gasteiger partial charge in [0.15, 0.2) is 0 Å². The molecular weight excluding hydrogens is 252 g/mol. The Hall–Kier alpha value is -1.86. The average Bonchev–Trinajstić information content (AvgIpc) is 2.48. The molecule has 20 heavy (non-hydrogen) atoms. The van der Waals surface area contributed by atoms with Gasteiger partial charge in [0.2, 0.25) is 0 Å². The van der Waals surface area contributed by atoms with Gasteiger partial charge in [0.25, 0.3) is 5.91 Å². The quantitative estimate of drug-likeness (QED) is 0.746. The third-order valence-electron chi connectivity index (χ3n) is 3.52. The van der Waals surface area contributed by atoms with Crippen molar-refractivity contribution in [1.29, 1.82) is 5.26 Å². The Kier molecular flexibility index (Phi) is 5.14. The lowest BCUT2D eigenvalue weighted by Gasteiger charge is -2.28. The minimum Gasteiger partial charge on any atom is -0.272 e. The molecule has 1 aromatic carbocycles. The highest BCUT2D eigenvalue weighted by molar-refractivity contribution is 5.95. The highest BCUT2D eigenvalue weighted by Crippen LogP contribution is 2.30. The summed E-state index contributed by atoms with van der Waals surface area (Å²) in [5.41, 5.74) is 2.29. The molecule has 0 saturated carbocycles. The zero-order valence-electron chi connectivity index (χ0n) is 11.9. The van der Waals surface area contributed by atoms with Gasteiger partial charge >= 0.3 is 0 Å². The molecule has 0 aromatic heterocycles. The van der Waals surface area contributed by atoms with E-state index in [1.54, 1.807) is 12.1 Å². The first kappa shape index (κ1) is 14.5. The monoisotopic (exact) mass is 272 g/mol. The molecule has 0 radical (unpaired) electrons. The second-order valence-corrected chi connectivity index (χ2v) is 5.00. The lowest BCUT2D eigenvalue weighted by Crippen LogP contribution is -2.35. The Labute approximate surface area is 119 Å². The van der Waals surface area contributed by atoms with Gasteiger partial charge in [0, 0.05) is 6.42 Å². The van der Waals surface area contributed by atoms with Gasteiger partial charge in [-0.1, -0.05) is 32.3 Å². The molecule has 4 nitrogen and oxygen atoms in total. The molecule has 0 N–H and O–H groups in total. The molecule has 1 heterocycles. The molecule has 1 aliphatic heterocycles. The van der Waals surface area contributed by atoms with Gasteiger partial charge in [-0.3, -0.25) is 9.63 Å². The highest BCUT2D eigenvalue weighted by Gasteiger charge is 2.26. The van der Waals surface area contributed by atoms with Crippen LogP contribution in [0.15, 0.2) is 18.2 Å². The zero-order valence-corrected chi connectivity index (χ0v) is 11.9. The van der Waals surface area contributed by atoms with Crippen LogP contribution >= 0.6 is 0 Å². The SMILES string of the molecule is CCCCCCON1C(=O)CCc2c(C#N)cccc21. The number of rotatable bonds is 6. The van der Waals surface area contributed by atoms with Crippen LogP contribution in [0.1, 0.15) is 50.2 Å². The van der Waals surface area contributed by atoms with Gasteiger partial charge in [-0.2, -0.15) is 10.3 Å². The predicted octanol–water partition coefficient (Wildman–Crippen LogP) is 3.35. The molecular formula is C16H20N2O2. The molecule has 0 fully saturated rings. The first-order chi connectivity index (χ1) is 9.77. The third-order valence-corrected chi connectivity index (χ3v) is 3.52. The van der Waals surface area contributed by atoms with Crippen LogP contribution in [-0.4, -0.2) is 12.5 Å². The topological polar surface area (TPSA) is 53.3 Å². The van der Waals surface area contributed by atoms with Gasteiger partial charge in [0.1, 0.15) is 0 Å². The van der Waals surface area contributed by atoms with Crippen molar-refractivity contribution < 1.29 is 9.63 Å². The number of anilines is 1. The van der Waals surface area contributed by atoms with Crippen molar-refractivity contribution in [3.63, 3.8) is 0 Å². The Bertz CT molecular complexity index is 520. The maximum absolute atomic E-state index is 12.0. The maximum atomic E-state index is 12.0. The fourth-order valence-corrected chi connectivity index (χ4v) is 2.43. The molecule has 106 valence electrons. The number of nitrogens with zero attached hydrogens (tertiary/aromatic N) is 2. The summed E-state index contributed by atoms with van der Waals surface area (Å²) >= 11 is 0. The van der Waals surface area contributed by atoms with Gasteiger partial charge in [0.05, 0.1) is 23.9 Å². The number of hydrogen-bond donors (Lipinski definition) is 0. The van der Waals surface area contributed by atoms with E-state index in [1.807, 2.05) is 6.07 Å². The summed E-state index contributed by atoms with van der Waals surface area (Å²) in [5.74, 6) is -0.0249. The molecule has 1 aromatic rings. The van der Waals surface area contributed by atoms with Crippen molar-refractivity contribution in [3.05, 3.63) is 29.3 Å². The van der Waals surface area contributed by atoms with Crippen molar-refractivity contribution in [2.75, 3.05) is 11.7 Å². The van der Waals surface area contributed by atoms with E-state index in [9.17, 15) is 4.79 Å². The lowest BCUT2D eigenvalue weighted by molar-refractivity contribution is -0.126. The minimum absolute atomic E-state index is 0.0249. The Morgan fingerprint density at radius 1 is 1.30 bits per heavy atom. The summed E-state index contributed by atoms with van der Waals surface area (Å²) in [6, 6.07) is 7.61. The minimum atomic E-state index is -0.0249. The van der Waals surface area contributed by atoms with Crippen LogP contribution in [0, 0.1) is 11.3 Å². The lowest BCUT2D eigenvalue weighted by atomic mass is 9.98. The van der Waals surface area contributed by atoms with E-state index in [1.165, 1.54) is 17.9 Å². The summed E-state index contributed by atoms with van der Waals surface area (Å²) in [6.07, 6.45) is 5.45. The fraction of sp³-hybridized carbons (Fsp3) is 0.500. The van der Waals surface area contributed by atoms with E-state index >= 15 is 0 Å². The van der Waals surface area contributed by atoms with Gasteiger partial charge in [-0.25, -0.2) is 0 Å². The molecule has 2 rings (SSSR count). The third kappa shape index (κ3) is 3.17. The molecule has 0 spiro atoms. The van der Waals surface area contributed by atoms with E-state index in [0.717, 1.165) is 24.1 Å². The summed E-state index contributed by atoms with van der Waals surface area (Å²) in [7, 11) is 0. The molecule has 1 aliphatic rings. The van der Waals surface area contributed by atoms with Crippen LogP contribution in [0.2, 0.25) is 0 Å². The zero-order chi connectivity index (χ0) is 14.4. The first-order valence-electron chi connectivity index (χ1n) is 7.25. The second-order valence-electron chi connectivity index (χ2n) is 5.00. The number of benzene rings is 1. The Morgan fingerprint density at radius 2 is 2.15 bits per heavy atom. The first-order valence-corrected chi connectivity index (χ1v) is 7.25. The average molecular weight is 272 g/mol. The number of carbonyl (C=O) groups is 1. The standard InChI is InChI=1S/C16H20N2O2/c1-2-3-4-5-11-20-18-15-8-6-7-13(12-17)14(15)9-10-16(18)19/h6-8H,2-5,9-11H2,1H3. The molecule has 0 saturated heterocycles. The normalized spacial score (nSPS) is 14.0. The van der Waals surface area contributed by atoms with Crippen molar-refractivity contribution in [2.24, 2.45) is 0 Å². The van der Waals surface area contributed by atoms with Crippen molar-refractivity contribution in [3.8, 4) is 6.07 Å². The highest BCUT2D eigenvalue weighted by atomic mass is 16.7. The van der Waals surface area contributed by atoms with Crippen LogP contribution in [0.3, 0.4) is 0 Å². The Balaban J connectivity index is 2.07. The number of fused-ring (bicyclic) bond motifs is 1. The van der Waals surface area contributed by atoms with Crippen LogP contribution in [-0.2, 0) is 16.1 Å². The predicted molar refractivity (Wildman–Crippen MR) is 77.1 cm³/mol. The van der Waals surface area contributed by atoms with Crippen LogP contribution in [0.4, 0.5) is 5.69 Å². The molecule has 4 heteroatoms. The van der Waals surface area contributed by atoms with Gasteiger partial charge < -0.3 is 0 Å². The van der Waals surface area contributed by atoms with Gasteiger partial charge in [-0.15, -0.1) is 0 Å². The summed E-state index contributed by atoms with van der Waals surface area (Å²) in [6.45, 7) is 2.71. The summed E-state index contributed by atoms with van der Waals surface area (Å²) < 4.78 is 0. The molecule has 0 unspecified atom stereocenters. The Morgan fingerprint density at radius 3 is 2.90 bits per heavy atom. The number of carbonyl (C=O) groups excluding carboxylic acids is 1. The van der Waals surface area contributed by atoms with Crippen LogP contribution < -0.4 is 5.06 Å². The number of nitriles is 1. The van der Waals surface area contributed by atoms with E-state index in [-0.39, 0.29) is 5.91 Å². The molecule has 0 atom stereocenters. The van der Waals surface area contributed by atoms with Crippen molar-refractivity contribution >= 4 is 11.6 Å². The van der Waals surface area contributed by atoms with E-state index in [0.29, 0.717) is 25.0 Å². The van der Waals surface area contributed by atoms with E-state index in [4.69, 9.17) is 10.1 Å². The maximum Gasteiger partial charge on any atom is 0.251 e. The van der Waals surface area contributed by atoms with Crippen LogP contribution in [0.25, 0.3) is 0 Å². The van der Waals surface area contributed by atoms with E-state index in [2.05, 4.69) is 13.0 Å². The largest absolute Gasteiger partial charge is 0.272 e. The molecule has 0 bridgehead atoms.